The molecule has 3 rings (SSSR count). The highest BCUT2D eigenvalue weighted by molar-refractivity contribution is 7.16. The van der Waals surface area contributed by atoms with E-state index in [1.807, 2.05) is 17.0 Å². The van der Waals surface area contributed by atoms with Crippen LogP contribution >= 0.6 is 35.3 Å². The Morgan fingerprint density at radius 3 is 2.87 bits per heavy atom. The molecule has 1 amide bonds. The molecule has 1 saturated carbocycles. The molecule has 0 unspecified atom stereocenters. The van der Waals surface area contributed by atoms with Crippen LogP contribution in [0.1, 0.15) is 24.1 Å². The monoisotopic (exact) mass is 378 g/mol. The van der Waals surface area contributed by atoms with Crippen molar-refractivity contribution < 1.29 is 14.7 Å². The van der Waals surface area contributed by atoms with Crippen LogP contribution in [0.4, 0.5) is 0 Å². The van der Waals surface area contributed by atoms with Gasteiger partial charge in [0.25, 0.3) is 0 Å². The minimum atomic E-state index is -0.703. The SMILES string of the molecule is Cl.O=C(CN1C[C@@H]2CCC[C@@]2(C(=O)O)C1)NCc1ccc(Cl)s1. The molecule has 5 nitrogen and oxygen atoms in total. The van der Waals surface area contributed by atoms with Gasteiger partial charge in [0.2, 0.25) is 5.91 Å². The van der Waals surface area contributed by atoms with E-state index < -0.39 is 11.4 Å². The first-order chi connectivity index (χ1) is 10.5. The van der Waals surface area contributed by atoms with Gasteiger partial charge in [-0.1, -0.05) is 18.0 Å². The molecule has 0 aromatic carbocycles. The number of nitrogens with zero attached hydrogens (tertiary/aromatic N) is 1. The smallest absolute Gasteiger partial charge is 0.311 e. The summed E-state index contributed by atoms with van der Waals surface area (Å²) in [7, 11) is 0. The molecule has 0 spiro atoms. The molecule has 1 saturated heterocycles. The van der Waals surface area contributed by atoms with Crippen LogP contribution in [-0.2, 0) is 16.1 Å². The highest BCUT2D eigenvalue weighted by Crippen LogP contribution is 2.48. The first kappa shape index (κ1) is 18.5. The van der Waals surface area contributed by atoms with Gasteiger partial charge in [-0.3, -0.25) is 14.5 Å². The normalized spacial score (nSPS) is 26.6. The minimum Gasteiger partial charge on any atom is -0.481 e. The molecule has 2 N–H and O–H groups in total. The van der Waals surface area contributed by atoms with Crippen LogP contribution in [0.25, 0.3) is 0 Å². The standard InChI is InChI=1S/C15H19ClN2O3S.ClH/c16-12-4-3-11(22-12)6-17-13(19)8-18-7-10-2-1-5-15(10,9-18)14(20)21;/h3-4,10H,1-2,5-9H2,(H,17,19)(H,20,21);1H/t10-,15+;/m0./s1. The van der Waals surface area contributed by atoms with Gasteiger partial charge in [-0.15, -0.1) is 23.7 Å². The number of amides is 1. The van der Waals surface area contributed by atoms with Gasteiger partial charge in [0.15, 0.2) is 0 Å². The van der Waals surface area contributed by atoms with Crippen molar-refractivity contribution in [2.24, 2.45) is 11.3 Å². The summed E-state index contributed by atoms with van der Waals surface area (Å²) in [4.78, 5) is 26.6. The second-order valence-electron chi connectivity index (χ2n) is 6.20. The van der Waals surface area contributed by atoms with Crippen molar-refractivity contribution in [3.05, 3.63) is 21.3 Å². The van der Waals surface area contributed by atoms with E-state index in [2.05, 4.69) is 5.32 Å². The Bertz CT molecular complexity index is 595. The van der Waals surface area contributed by atoms with Crippen molar-refractivity contribution >= 4 is 47.2 Å². The predicted molar refractivity (Wildman–Crippen MR) is 92.3 cm³/mol. The van der Waals surface area contributed by atoms with Crippen LogP contribution in [0.15, 0.2) is 12.1 Å². The molecule has 2 fully saturated rings. The topological polar surface area (TPSA) is 69.6 Å². The molecule has 1 aromatic rings. The number of fused-ring (bicyclic) bond motifs is 1. The van der Waals surface area contributed by atoms with Crippen molar-refractivity contribution in [3.63, 3.8) is 0 Å². The quantitative estimate of drug-likeness (QED) is 0.825. The molecule has 2 atom stereocenters. The number of hydrogen-bond donors (Lipinski definition) is 2. The van der Waals surface area contributed by atoms with Gasteiger partial charge >= 0.3 is 5.97 Å². The summed E-state index contributed by atoms with van der Waals surface area (Å²) in [6, 6.07) is 3.71. The third kappa shape index (κ3) is 3.82. The van der Waals surface area contributed by atoms with Crippen LogP contribution in [0.3, 0.4) is 0 Å². The molecular weight excluding hydrogens is 359 g/mol. The van der Waals surface area contributed by atoms with Gasteiger partial charge in [0.1, 0.15) is 0 Å². The Morgan fingerprint density at radius 1 is 1.48 bits per heavy atom. The zero-order valence-corrected chi connectivity index (χ0v) is 15.0. The van der Waals surface area contributed by atoms with Crippen molar-refractivity contribution in [3.8, 4) is 0 Å². The predicted octanol–water partition coefficient (Wildman–Crippen LogP) is 2.63. The number of carbonyl (C=O) groups is 2. The van der Waals surface area contributed by atoms with Crippen LogP contribution in [0, 0.1) is 11.3 Å². The van der Waals surface area contributed by atoms with E-state index in [0.29, 0.717) is 24.0 Å². The van der Waals surface area contributed by atoms with Crippen molar-refractivity contribution in [1.82, 2.24) is 10.2 Å². The Kier molecular flexibility index (Phi) is 5.94. The number of rotatable bonds is 5. The lowest BCUT2D eigenvalue weighted by Gasteiger charge is -2.23. The van der Waals surface area contributed by atoms with Crippen LogP contribution in [0.5, 0.6) is 0 Å². The van der Waals surface area contributed by atoms with Gasteiger partial charge < -0.3 is 10.4 Å². The Labute approximate surface area is 150 Å². The van der Waals surface area contributed by atoms with Crippen molar-refractivity contribution in [2.75, 3.05) is 19.6 Å². The summed E-state index contributed by atoms with van der Waals surface area (Å²) in [6.07, 6.45) is 2.67. The molecule has 23 heavy (non-hydrogen) atoms. The lowest BCUT2D eigenvalue weighted by molar-refractivity contribution is -0.149. The Hall–Kier alpha value is -0.820. The van der Waals surface area contributed by atoms with E-state index in [-0.39, 0.29) is 30.8 Å². The first-order valence-electron chi connectivity index (χ1n) is 7.46. The summed E-state index contributed by atoms with van der Waals surface area (Å²) >= 11 is 7.30. The van der Waals surface area contributed by atoms with E-state index in [4.69, 9.17) is 11.6 Å². The summed E-state index contributed by atoms with van der Waals surface area (Å²) in [6.45, 7) is 1.94. The second kappa shape index (κ2) is 7.38. The molecular formula is C15H20Cl2N2O3S. The average Bonchev–Trinajstić information content (AvgIpc) is 3.10. The fraction of sp³-hybridized carbons (Fsp3) is 0.600. The van der Waals surface area contributed by atoms with Crippen LogP contribution in [0.2, 0.25) is 4.34 Å². The highest BCUT2D eigenvalue weighted by Gasteiger charge is 2.54. The lowest BCUT2D eigenvalue weighted by Crippen LogP contribution is -2.39. The highest BCUT2D eigenvalue weighted by atomic mass is 35.5. The van der Waals surface area contributed by atoms with Crippen molar-refractivity contribution in [2.45, 2.75) is 25.8 Å². The lowest BCUT2D eigenvalue weighted by atomic mass is 9.81. The number of halogens is 2. The average molecular weight is 379 g/mol. The number of carbonyl (C=O) groups excluding carboxylic acids is 1. The molecule has 2 heterocycles. The minimum absolute atomic E-state index is 0. The number of hydrogen-bond acceptors (Lipinski definition) is 4. The molecule has 8 heteroatoms. The maximum Gasteiger partial charge on any atom is 0.311 e. The molecule has 1 aliphatic carbocycles. The molecule has 128 valence electrons. The number of carboxylic acid groups (broad SMARTS) is 1. The van der Waals surface area contributed by atoms with Crippen LogP contribution in [-0.4, -0.2) is 41.5 Å². The Balaban J connectivity index is 0.00000192. The summed E-state index contributed by atoms with van der Waals surface area (Å²) in [5.41, 5.74) is -0.623. The van der Waals surface area contributed by atoms with E-state index in [1.165, 1.54) is 11.3 Å². The van der Waals surface area contributed by atoms with Crippen LogP contribution < -0.4 is 5.32 Å². The molecule has 1 aromatic heterocycles. The maximum absolute atomic E-state index is 12.0. The third-order valence-electron chi connectivity index (χ3n) is 4.82. The number of carboxylic acids is 1. The number of likely N-dealkylation sites (tertiary alicyclic amines) is 1. The van der Waals surface area contributed by atoms with Crippen molar-refractivity contribution in [1.29, 1.82) is 0 Å². The summed E-state index contributed by atoms with van der Waals surface area (Å²) < 4.78 is 0.708. The number of thiophene rings is 1. The molecule has 1 aliphatic heterocycles. The fourth-order valence-electron chi connectivity index (χ4n) is 3.75. The van der Waals surface area contributed by atoms with Gasteiger partial charge in [-0.05, 0) is 30.9 Å². The maximum atomic E-state index is 12.0. The largest absolute Gasteiger partial charge is 0.481 e. The summed E-state index contributed by atoms with van der Waals surface area (Å²) in [5.74, 6) is -0.579. The van der Waals surface area contributed by atoms with E-state index >= 15 is 0 Å². The van der Waals surface area contributed by atoms with E-state index in [9.17, 15) is 14.7 Å². The van der Waals surface area contributed by atoms with Gasteiger partial charge in [0, 0.05) is 18.0 Å². The molecule has 0 bridgehead atoms. The zero-order valence-electron chi connectivity index (χ0n) is 12.6. The third-order valence-corrected chi connectivity index (χ3v) is 6.05. The van der Waals surface area contributed by atoms with Gasteiger partial charge in [0.05, 0.1) is 22.8 Å². The molecule has 2 aliphatic rings. The number of nitrogens with one attached hydrogen (secondary N) is 1. The Morgan fingerprint density at radius 2 is 2.26 bits per heavy atom. The second-order valence-corrected chi connectivity index (χ2v) is 8.00. The van der Waals surface area contributed by atoms with Gasteiger partial charge in [-0.2, -0.15) is 0 Å². The zero-order chi connectivity index (χ0) is 15.7. The van der Waals surface area contributed by atoms with E-state index in [1.54, 1.807) is 0 Å². The fourth-order valence-corrected chi connectivity index (χ4v) is 4.78. The first-order valence-corrected chi connectivity index (χ1v) is 8.66. The van der Waals surface area contributed by atoms with E-state index in [0.717, 1.165) is 24.1 Å². The van der Waals surface area contributed by atoms with Gasteiger partial charge in [-0.25, -0.2) is 0 Å². The summed E-state index contributed by atoms with van der Waals surface area (Å²) in [5, 5.41) is 12.4. The molecule has 0 radical (unpaired) electrons. The number of aliphatic carboxylic acids is 1.